The lowest BCUT2D eigenvalue weighted by Gasteiger charge is -2.39. The number of likely N-dealkylation sites (N-methyl/N-ethyl adjacent to an activating group) is 1. The Hall–Kier alpha value is -0.610. The largest absolute Gasteiger partial charge is 0.351 e. The van der Waals surface area contributed by atoms with E-state index in [9.17, 15) is 0 Å². The Balaban J connectivity index is 2.11. The molecule has 0 bridgehead atoms. The molecule has 0 N–H and O–H groups in total. The summed E-state index contributed by atoms with van der Waals surface area (Å²) in [6.45, 7) is 5.56. The molecule has 1 unspecified atom stereocenters. The Morgan fingerprint density at radius 2 is 2.25 bits per heavy atom. The van der Waals surface area contributed by atoms with Gasteiger partial charge in [0, 0.05) is 37.2 Å². The number of nitrogens with zero attached hydrogens (tertiary/aromatic N) is 3. The minimum Gasteiger partial charge on any atom is -0.351 e. The quantitative estimate of drug-likeness (QED) is 0.775. The number of pyridine rings is 1. The minimum absolute atomic E-state index is 0.543. The van der Waals surface area contributed by atoms with Gasteiger partial charge in [0.1, 0.15) is 5.82 Å². The fourth-order valence-corrected chi connectivity index (χ4v) is 2.48. The van der Waals surface area contributed by atoms with Gasteiger partial charge in [-0.2, -0.15) is 0 Å². The van der Waals surface area contributed by atoms with Crippen molar-refractivity contribution in [2.45, 2.75) is 18.3 Å². The van der Waals surface area contributed by atoms with Gasteiger partial charge in [-0.25, -0.2) is 4.98 Å². The highest BCUT2D eigenvalue weighted by Gasteiger charge is 2.22. The molecule has 1 aromatic rings. The molecule has 0 aromatic carbocycles. The lowest BCUT2D eigenvalue weighted by Crippen LogP contribution is -2.50. The first-order chi connectivity index (χ1) is 7.70. The second kappa shape index (κ2) is 5.15. The SMILES string of the molecule is CC1CN(C)CCN1c1ccc(CBr)cn1. The fraction of sp³-hybridized carbons (Fsp3) is 0.583. The van der Waals surface area contributed by atoms with Crippen molar-refractivity contribution >= 4 is 21.7 Å². The van der Waals surface area contributed by atoms with Crippen LogP contribution < -0.4 is 4.90 Å². The molecule has 0 spiro atoms. The van der Waals surface area contributed by atoms with Crippen LogP contribution in [0, 0.1) is 0 Å². The van der Waals surface area contributed by atoms with Gasteiger partial charge >= 0.3 is 0 Å². The lowest BCUT2D eigenvalue weighted by molar-refractivity contribution is 0.274. The van der Waals surface area contributed by atoms with Crippen molar-refractivity contribution in [3.8, 4) is 0 Å². The summed E-state index contributed by atoms with van der Waals surface area (Å²) in [5, 5.41) is 0.874. The number of hydrogen-bond donors (Lipinski definition) is 0. The van der Waals surface area contributed by atoms with E-state index in [-0.39, 0.29) is 0 Å². The maximum atomic E-state index is 4.53. The number of halogens is 1. The summed E-state index contributed by atoms with van der Waals surface area (Å²) in [5.41, 5.74) is 1.23. The molecule has 1 aliphatic rings. The summed E-state index contributed by atoms with van der Waals surface area (Å²) >= 11 is 3.44. The van der Waals surface area contributed by atoms with Crippen molar-refractivity contribution in [1.82, 2.24) is 9.88 Å². The van der Waals surface area contributed by atoms with Crippen molar-refractivity contribution in [2.24, 2.45) is 0 Å². The van der Waals surface area contributed by atoms with Crippen molar-refractivity contribution in [3.05, 3.63) is 23.9 Å². The first-order valence-corrected chi connectivity index (χ1v) is 6.79. The van der Waals surface area contributed by atoms with Crippen LogP contribution in [0.15, 0.2) is 18.3 Å². The standard InChI is InChI=1S/C12H18BrN3/c1-10-9-15(2)5-6-16(10)12-4-3-11(7-13)8-14-12/h3-4,8,10H,5-7,9H2,1-2H3. The average Bonchev–Trinajstić information content (AvgIpc) is 2.29. The van der Waals surface area contributed by atoms with Crippen LogP contribution in [0.1, 0.15) is 12.5 Å². The van der Waals surface area contributed by atoms with Gasteiger partial charge < -0.3 is 9.80 Å². The van der Waals surface area contributed by atoms with Crippen molar-refractivity contribution < 1.29 is 0 Å². The summed E-state index contributed by atoms with van der Waals surface area (Å²) in [6, 6.07) is 4.81. The molecule has 1 aromatic heterocycles. The molecule has 0 amide bonds. The second-order valence-electron chi connectivity index (χ2n) is 4.46. The van der Waals surface area contributed by atoms with E-state index in [1.165, 1.54) is 5.56 Å². The molecule has 0 radical (unpaired) electrons. The van der Waals surface area contributed by atoms with Gasteiger partial charge in [0.15, 0.2) is 0 Å². The Kier molecular flexibility index (Phi) is 3.82. The van der Waals surface area contributed by atoms with E-state index in [0.29, 0.717) is 6.04 Å². The molecule has 2 heterocycles. The number of alkyl halides is 1. The summed E-state index contributed by atoms with van der Waals surface area (Å²) < 4.78 is 0. The van der Waals surface area contributed by atoms with Crippen molar-refractivity contribution in [3.63, 3.8) is 0 Å². The molecule has 3 nitrogen and oxygen atoms in total. The van der Waals surface area contributed by atoms with E-state index in [1.807, 2.05) is 6.20 Å². The van der Waals surface area contributed by atoms with Gasteiger partial charge in [-0.15, -0.1) is 0 Å². The van der Waals surface area contributed by atoms with E-state index in [4.69, 9.17) is 0 Å². The smallest absolute Gasteiger partial charge is 0.128 e. The van der Waals surface area contributed by atoms with Crippen molar-refractivity contribution in [2.75, 3.05) is 31.6 Å². The highest BCUT2D eigenvalue weighted by atomic mass is 79.9. The molecule has 1 saturated heterocycles. The summed E-state index contributed by atoms with van der Waals surface area (Å²) in [4.78, 5) is 9.28. The van der Waals surface area contributed by atoms with Gasteiger partial charge in [-0.1, -0.05) is 22.0 Å². The highest BCUT2D eigenvalue weighted by Crippen LogP contribution is 2.18. The normalized spacial score (nSPS) is 22.4. The molecule has 16 heavy (non-hydrogen) atoms. The predicted octanol–water partition coefficient (Wildman–Crippen LogP) is 2.12. The Morgan fingerprint density at radius 3 is 2.81 bits per heavy atom. The predicted molar refractivity (Wildman–Crippen MR) is 71.2 cm³/mol. The Bertz CT molecular complexity index is 339. The van der Waals surface area contributed by atoms with Crippen LogP contribution in [0.4, 0.5) is 5.82 Å². The van der Waals surface area contributed by atoms with E-state index in [0.717, 1.165) is 30.8 Å². The van der Waals surface area contributed by atoms with Crippen LogP contribution in [0.3, 0.4) is 0 Å². The summed E-state index contributed by atoms with van der Waals surface area (Å²) in [5.74, 6) is 1.10. The minimum atomic E-state index is 0.543. The third-order valence-corrected chi connectivity index (χ3v) is 3.74. The van der Waals surface area contributed by atoms with E-state index in [1.54, 1.807) is 0 Å². The molecular weight excluding hydrogens is 266 g/mol. The number of aromatic nitrogens is 1. The van der Waals surface area contributed by atoms with Gasteiger partial charge in [0.2, 0.25) is 0 Å². The van der Waals surface area contributed by atoms with Crippen molar-refractivity contribution in [1.29, 1.82) is 0 Å². The number of rotatable bonds is 2. The van der Waals surface area contributed by atoms with E-state index >= 15 is 0 Å². The zero-order valence-corrected chi connectivity index (χ0v) is 11.4. The molecule has 0 aliphatic carbocycles. The highest BCUT2D eigenvalue weighted by molar-refractivity contribution is 9.08. The topological polar surface area (TPSA) is 19.4 Å². The summed E-state index contributed by atoms with van der Waals surface area (Å²) in [7, 11) is 2.18. The maximum absolute atomic E-state index is 4.53. The average molecular weight is 284 g/mol. The van der Waals surface area contributed by atoms with Crippen LogP contribution in [0.2, 0.25) is 0 Å². The molecule has 1 fully saturated rings. The van der Waals surface area contributed by atoms with Crippen LogP contribution in [-0.4, -0.2) is 42.6 Å². The van der Waals surface area contributed by atoms with Gasteiger partial charge in [0.05, 0.1) is 0 Å². The molecule has 1 aliphatic heterocycles. The molecule has 4 heteroatoms. The summed E-state index contributed by atoms with van der Waals surface area (Å²) in [6.07, 6.45) is 1.95. The van der Waals surface area contributed by atoms with Crippen LogP contribution in [-0.2, 0) is 5.33 Å². The van der Waals surface area contributed by atoms with E-state index < -0.39 is 0 Å². The maximum Gasteiger partial charge on any atom is 0.128 e. The molecule has 88 valence electrons. The third-order valence-electron chi connectivity index (χ3n) is 3.09. The monoisotopic (exact) mass is 283 g/mol. The van der Waals surface area contributed by atoms with Crippen LogP contribution in [0.5, 0.6) is 0 Å². The first kappa shape index (κ1) is 11.9. The van der Waals surface area contributed by atoms with E-state index in [2.05, 4.69) is 56.8 Å². The lowest BCUT2D eigenvalue weighted by atomic mass is 10.2. The fourth-order valence-electron chi connectivity index (χ4n) is 2.15. The van der Waals surface area contributed by atoms with Crippen LogP contribution in [0.25, 0.3) is 0 Å². The molecular formula is C12H18BrN3. The van der Waals surface area contributed by atoms with Crippen LogP contribution >= 0.6 is 15.9 Å². The number of piperazine rings is 1. The third kappa shape index (κ3) is 2.55. The first-order valence-electron chi connectivity index (χ1n) is 5.67. The molecule has 2 rings (SSSR count). The molecule has 0 saturated carbocycles. The Morgan fingerprint density at radius 1 is 1.44 bits per heavy atom. The number of hydrogen-bond acceptors (Lipinski definition) is 3. The second-order valence-corrected chi connectivity index (χ2v) is 5.02. The molecule has 1 atom stereocenters. The van der Waals surface area contributed by atoms with Gasteiger partial charge in [-0.3, -0.25) is 0 Å². The zero-order chi connectivity index (χ0) is 11.5. The van der Waals surface area contributed by atoms with Gasteiger partial charge in [0.25, 0.3) is 0 Å². The number of anilines is 1. The van der Waals surface area contributed by atoms with Gasteiger partial charge in [-0.05, 0) is 25.6 Å². The Labute approximate surface area is 106 Å². The zero-order valence-electron chi connectivity index (χ0n) is 9.86.